The number of hydrogen-bond donors (Lipinski definition) is 2. The molecule has 1 aliphatic carbocycles. The molecule has 0 spiro atoms. The molecule has 1 fully saturated rings. The number of carbonyl (C=O) groups excluding carboxylic acids is 3. The zero-order valence-electron chi connectivity index (χ0n) is 18.8. The van der Waals surface area contributed by atoms with Crippen molar-refractivity contribution in [2.45, 2.75) is 57.6 Å². The first-order chi connectivity index (χ1) is 15.7. The number of hydrogen-bond acceptors (Lipinski definition) is 4. The molecule has 0 unspecified atom stereocenters. The molecular formula is C25H28FN3O4. The topological polar surface area (TPSA) is 87.7 Å². The first-order valence-electron chi connectivity index (χ1n) is 11.2. The molecule has 0 saturated heterocycles. The zero-order valence-corrected chi connectivity index (χ0v) is 18.8. The normalized spacial score (nSPS) is 17.7. The van der Waals surface area contributed by atoms with Crippen LogP contribution in [0.5, 0.6) is 5.75 Å². The summed E-state index contributed by atoms with van der Waals surface area (Å²) >= 11 is 0. The lowest BCUT2D eigenvalue weighted by Gasteiger charge is -2.38. The van der Waals surface area contributed by atoms with Crippen LogP contribution in [-0.2, 0) is 9.59 Å². The number of para-hydroxylation sites is 1. The molecule has 0 aromatic heterocycles. The molecule has 0 radical (unpaired) electrons. The van der Waals surface area contributed by atoms with Crippen LogP contribution in [0.2, 0.25) is 0 Å². The molecule has 0 atom stereocenters. The lowest BCUT2D eigenvalue weighted by Crippen LogP contribution is -2.55. The summed E-state index contributed by atoms with van der Waals surface area (Å²) < 4.78 is 19.8. The number of benzene rings is 2. The van der Waals surface area contributed by atoms with E-state index in [1.54, 1.807) is 32.0 Å². The summed E-state index contributed by atoms with van der Waals surface area (Å²) in [5.41, 5.74) is -0.558. The standard InChI is InChI=1S/C25H28FN3O4/c1-25(2)24(32)29(15-22(30)27-17-8-4-3-5-9-17)20-14-16(12-13-21(20)33-25)23(31)28-19-11-7-6-10-18(19)26/h6-7,10-14,17H,3-5,8-9,15H2,1-2H3,(H,27,30)(H,28,31). The summed E-state index contributed by atoms with van der Waals surface area (Å²) in [6.45, 7) is 3.11. The monoisotopic (exact) mass is 453 g/mol. The molecule has 8 heteroatoms. The first kappa shape index (κ1) is 22.8. The van der Waals surface area contributed by atoms with Gasteiger partial charge in [0.1, 0.15) is 18.1 Å². The minimum absolute atomic E-state index is 0.0531. The molecule has 4 rings (SSSR count). The number of rotatable bonds is 5. The Balaban J connectivity index is 1.57. The third-order valence-corrected chi connectivity index (χ3v) is 6.03. The van der Waals surface area contributed by atoms with Crippen LogP contribution in [0.25, 0.3) is 0 Å². The Morgan fingerprint density at radius 2 is 1.85 bits per heavy atom. The molecule has 1 heterocycles. The SMILES string of the molecule is CC1(C)Oc2ccc(C(=O)Nc3ccccc3F)cc2N(CC(=O)NC2CCCCC2)C1=O. The van der Waals surface area contributed by atoms with Crippen LogP contribution in [-0.4, -0.2) is 35.9 Å². The molecule has 174 valence electrons. The lowest BCUT2D eigenvalue weighted by molar-refractivity contribution is -0.134. The molecule has 2 N–H and O–H groups in total. The fraction of sp³-hybridized carbons (Fsp3) is 0.400. The molecule has 2 aliphatic rings. The lowest BCUT2D eigenvalue weighted by atomic mass is 9.95. The van der Waals surface area contributed by atoms with Crippen molar-refractivity contribution >= 4 is 29.1 Å². The highest BCUT2D eigenvalue weighted by Crippen LogP contribution is 2.38. The van der Waals surface area contributed by atoms with Crippen molar-refractivity contribution < 1.29 is 23.5 Å². The van der Waals surface area contributed by atoms with Crippen molar-refractivity contribution in [3.63, 3.8) is 0 Å². The molecule has 33 heavy (non-hydrogen) atoms. The van der Waals surface area contributed by atoms with Crippen molar-refractivity contribution in [3.8, 4) is 5.75 Å². The van der Waals surface area contributed by atoms with E-state index in [0.717, 1.165) is 25.7 Å². The van der Waals surface area contributed by atoms with Crippen molar-refractivity contribution in [2.75, 3.05) is 16.8 Å². The first-order valence-corrected chi connectivity index (χ1v) is 11.2. The van der Waals surface area contributed by atoms with E-state index < -0.39 is 17.3 Å². The minimum atomic E-state index is -1.16. The van der Waals surface area contributed by atoms with Gasteiger partial charge in [0.2, 0.25) is 5.91 Å². The zero-order chi connectivity index (χ0) is 23.6. The van der Waals surface area contributed by atoms with Crippen LogP contribution in [0.4, 0.5) is 15.8 Å². The van der Waals surface area contributed by atoms with E-state index in [9.17, 15) is 18.8 Å². The van der Waals surface area contributed by atoms with Gasteiger partial charge in [-0.05, 0) is 57.0 Å². The van der Waals surface area contributed by atoms with Gasteiger partial charge in [-0.2, -0.15) is 0 Å². The predicted molar refractivity (Wildman–Crippen MR) is 123 cm³/mol. The molecule has 1 saturated carbocycles. The van der Waals surface area contributed by atoms with E-state index in [1.165, 1.54) is 35.6 Å². The number of ether oxygens (including phenoxy) is 1. The third kappa shape index (κ3) is 4.99. The number of halogens is 1. The number of nitrogens with zero attached hydrogens (tertiary/aromatic N) is 1. The number of anilines is 2. The summed E-state index contributed by atoms with van der Waals surface area (Å²) in [5, 5.41) is 5.56. The Bertz CT molecular complexity index is 1080. The average molecular weight is 454 g/mol. The van der Waals surface area contributed by atoms with Gasteiger partial charge in [-0.1, -0.05) is 31.4 Å². The van der Waals surface area contributed by atoms with E-state index in [-0.39, 0.29) is 35.7 Å². The highest BCUT2D eigenvalue weighted by molar-refractivity contribution is 6.09. The van der Waals surface area contributed by atoms with Gasteiger partial charge in [0, 0.05) is 11.6 Å². The summed E-state index contributed by atoms with van der Waals surface area (Å²) in [5.74, 6) is -1.31. The van der Waals surface area contributed by atoms with E-state index in [1.807, 2.05) is 0 Å². The Kier molecular flexibility index (Phi) is 6.35. The molecule has 7 nitrogen and oxygen atoms in total. The van der Waals surface area contributed by atoms with E-state index >= 15 is 0 Å². The maximum absolute atomic E-state index is 13.9. The van der Waals surface area contributed by atoms with Crippen molar-refractivity contribution in [3.05, 3.63) is 53.8 Å². The van der Waals surface area contributed by atoms with Gasteiger partial charge >= 0.3 is 0 Å². The van der Waals surface area contributed by atoms with E-state index in [0.29, 0.717) is 11.4 Å². The number of nitrogens with one attached hydrogen (secondary N) is 2. The number of fused-ring (bicyclic) bond motifs is 1. The third-order valence-electron chi connectivity index (χ3n) is 6.03. The molecule has 1 aliphatic heterocycles. The molecular weight excluding hydrogens is 425 g/mol. The van der Waals surface area contributed by atoms with Gasteiger partial charge in [0.15, 0.2) is 5.60 Å². The predicted octanol–water partition coefficient (Wildman–Crippen LogP) is 4.03. The summed E-state index contributed by atoms with van der Waals surface area (Å²) in [6.07, 6.45) is 5.21. The molecule has 3 amide bonds. The largest absolute Gasteiger partial charge is 0.476 e. The summed E-state index contributed by atoms with van der Waals surface area (Å²) in [7, 11) is 0. The summed E-state index contributed by atoms with van der Waals surface area (Å²) in [6, 6.07) is 10.6. The van der Waals surface area contributed by atoms with E-state index in [2.05, 4.69) is 10.6 Å². The van der Waals surface area contributed by atoms with Gasteiger partial charge < -0.3 is 15.4 Å². The van der Waals surface area contributed by atoms with Crippen LogP contribution >= 0.6 is 0 Å². The van der Waals surface area contributed by atoms with Gasteiger partial charge in [0.05, 0.1) is 11.4 Å². The Labute approximate surface area is 192 Å². The number of amides is 3. The highest BCUT2D eigenvalue weighted by atomic mass is 19.1. The van der Waals surface area contributed by atoms with E-state index in [4.69, 9.17) is 4.74 Å². The van der Waals surface area contributed by atoms with Gasteiger partial charge in [0.25, 0.3) is 11.8 Å². The molecule has 2 aromatic rings. The summed E-state index contributed by atoms with van der Waals surface area (Å²) in [4.78, 5) is 40.0. The second-order valence-corrected chi connectivity index (χ2v) is 9.02. The fourth-order valence-corrected chi connectivity index (χ4v) is 4.29. The van der Waals surface area contributed by atoms with Crippen molar-refractivity contribution in [1.29, 1.82) is 0 Å². The second-order valence-electron chi connectivity index (χ2n) is 9.02. The van der Waals surface area contributed by atoms with Gasteiger partial charge in [-0.25, -0.2) is 4.39 Å². The van der Waals surface area contributed by atoms with Gasteiger partial charge in [-0.3, -0.25) is 19.3 Å². The number of carbonyl (C=O) groups is 3. The maximum atomic E-state index is 13.9. The Morgan fingerprint density at radius 3 is 2.58 bits per heavy atom. The Hall–Kier alpha value is -3.42. The Morgan fingerprint density at radius 1 is 1.12 bits per heavy atom. The molecule has 2 aromatic carbocycles. The van der Waals surface area contributed by atoms with Crippen molar-refractivity contribution in [2.24, 2.45) is 0 Å². The smallest absolute Gasteiger partial charge is 0.271 e. The van der Waals surface area contributed by atoms with Crippen LogP contribution in [0, 0.1) is 5.82 Å². The van der Waals surface area contributed by atoms with Crippen LogP contribution in [0.3, 0.4) is 0 Å². The fourth-order valence-electron chi connectivity index (χ4n) is 4.29. The second kappa shape index (κ2) is 9.21. The van der Waals surface area contributed by atoms with Crippen LogP contribution in [0.15, 0.2) is 42.5 Å². The van der Waals surface area contributed by atoms with Gasteiger partial charge in [-0.15, -0.1) is 0 Å². The van der Waals surface area contributed by atoms with Crippen LogP contribution < -0.4 is 20.3 Å². The quantitative estimate of drug-likeness (QED) is 0.716. The maximum Gasteiger partial charge on any atom is 0.271 e. The van der Waals surface area contributed by atoms with Crippen molar-refractivity contribution in [1.82, 2.24) is 5.32 Å². The highest BCUT2D eigenvalue weighted by Gasteiger charge is 2.42. The van der Waals surface area contributed by atoms with Crippen LogP contribution in [0.1, 0.15) is 56.3 Å². The minimum Gasteiger partial charge on any atom is -0.476 e. The molecule has 0 bridgehead atoms. The average Bonchev–Trinajstić information content (AvgIpc) is 2.78.